The van der Waals surface area contributed by atoms with Gasteiger partial charge in [0.25, 0.3) is 0 Å². The van der Waals surface area contributed by atoms with E-state index >= 15 is 0 Å². The minimum Gasteiger partial charge on any atom is -0.373 e. The monoisotopic (exact) mass is 274 g/mol. The fourth-order valence-electron chi connectivity index (χ4n) is 3.83. The average Bonchev–Trinajstić information content (AvgIpc) is 2.53. The van der Waals surface area contributed by atoms with Crippen molar-refractivity contribution >= 4 is 11.6 Å². The Labute approximate surface area is 122 Å². The van der Waals surface area contributed by atoms with E-state index in [9.17, 15) is 0 Å². The fourth-order valence-corrected chi connectivity index (χ4v) is 3.83. The summed E-state index contributed by atoms with van der Waals surface area (Å²) in [5.74, 6) is 3.92. The van der Waals surface area contributed by atoms with Crippen molar-refractivity contribution in [1.82, 2.24) is 9.97 Å². The topological polar surface area (TPSA) is 41.1 Å². The Hall–Kier alpha value is -1.32. The average molecular weight is 274 g/mol. The van der Waals surface area contributed by atoms with Crippen molar-refractivity contribution in [2.75, 3.05) is 23.8 Å². The molecule has 0 spiro atoms. The molecule has 2 atom stereocenters. The Morgan fingerprint density at radius 2 is 2.00 bits per heavy atom. The number of fused-ring (bicyclic) bond motifs is 1. The predicted octanol–water partition coefficient (Wildman–Crippen LogP) is 3.24. The van der Waals surface area contributed by atoms with Gasteiger partial charge in [0.15, 0.2) is 0 Å². The third-order valence-electron chi connectivity index (χ3n) is 4.87. The molecule has 4 heteroatoms. The highest BCUT2D eigenvalue weighted by Gasteiger charge is 2.34. The highest BCUT2D eigenvalue weighted by molar-refractivity contribution is 5.50. The first-order chi connectivity index (χ1) is 9.81. The van der Waals surface area contributed by atoms with Crippen LogP contribution in [-0.2, 0) is 6.42 Å². The molecule has 2 fully saturated rings. The first kappa shape index (κ1) is 13.7. The van der Waals surface area contributed by atoms with Crippen molar-refractivity contribution < 1.29 is 0 Å². The molecule has 1 saturated carbocycles. The molecule has 20 heavy (non-hydrogen) atoms. The normalized spacial score (nSPS) is 26.2. The molecular weight excluding hydrogens is 248 g/mol. The summed E-state index contributed by atoms with van der Waals surface area (Å²) in [6.45, 7) is 3.28. The second kappa shape index (κ2) is 5.98. The van der Waals surface area contributed by atoms with Gasteiger partial charge in [-0.05, 0) is 31.6 Å². The highest BCUT2D eigenvalue weighted by atomic mass is 15.2. The summed E-state index contributed by atoms with van der Waals surface area (Å²) in [7, 11) is 1.94. The van der Waals surface area contributed by atoms with E-state index in [1.54, 1.807) is 0 Å². The molecule has 0 aromatic carbocycles. The second-order valence-electron chi connectivity index (χ2n) is 6.08. The van der Waals surface area contributed by atoms with Crippen LogP contribution in [0.1, 0.15) is 51.3 Å². The first-order valence-corrected chi connectivity index (χ1v) is 8.14. The Kier molecular flexibility index (Phi) is 4.08. The van der Waals surface area contributed by atoms with Gasteiger partial charge in [-0.25, -0.2) is 9.97 Å². The van der Waals surface area contributed by atoms with Gasteiger partial charge < -0.3 is 10.2 Å². The van der Waals surface area contributed by atoms with Crippen LogP contribution in [0.4, 0.5) is 11.6 Å². The minimum atomic E-state index is 0.710. The van der Waals surface area contributed by atoms with Gasteiger partial charge in [0, 0.05) is 32.1 Å². The van der Waals surface area contributed by atoms with Gasteiger partial charge in [-0.3, -0.25) is 0 Å². The van der Waals surface area contributed by atoms with E-state index in [1.165, 1.54) is 38.5 Å². The van der Waals surface area contributed by atoms with E-state index in [0.29, 0.717) is 6.04 Å². The summed E-state index contributed by atoms with van der Waals surface area (Å²) in [6, 6.07) is 2.83. The summed E-state index contributed by atoms with van der Waals surface area (Å²) < 4.78 is 0. The number of nitrogens with zero attached hydrogens (tertiary/aromatic N) is 3. The van der Waals surface area contributed by atoms with Crippen LogP contribution in [0.2, 0.25) is 0 Å². The van der Waals surface area contributed by atoms with Crippen LogP contribution < -0.4 is 10.2 Å². The maximum Gasteiger partial charge on any atom is 0.134 e. The third kappa shape index (κ3) is 2.60. The van der Waals surface area contributed by atoms with Gasteiger partial charge in [-0.1, -0.05) is 19.8 Å². The maximum absolute atomic E-state index is 4.79. The molecule has 2 heterocycles. The second-order valence-corrected chi connectivity index (χ2v) is 6.08. The molecule has 2 aliphatic rings. The lowest BCUT2D eigenvalue weighted by Gasteiger charge is -2.44. The Morgan fingerprint density at radius 3 is 2.80 bits per heavy atom. The zero-order valence-corrected chi connectivity index (χ0v) is 12.7. The van der Waals surface area contributed by atoms with Crippen molar-refractivity contribution in [3.8, 4) is 0 Å². The molecule has 110 valence electrons. The number of aromatic nitrogens is 2. The van der Waals surface area contributed by atoms with E-state index in [2.05, 4.69) is 28.2 Å². The van der Waals surface area contributed by atoms with Crippen LogP contribution in [0.3, 0.4) is 0 Å². The summed E-state index contributed by atoms with van der Waals surface area (Å²) in [6.07, 6.45) is 9.15. The van der Waals surface area contributed by atoms with E-state index < -0.39 is 0 Å². The van der Waals surface area contributed by atoms with Gasteiger partial charge in [-0.2, -0.15) is 0 Å². The SMILES string of the molecule is CCc1nc(NC)cc(N2CCC[C@H]3CCCC[C@H]32)n1. The largest absolute Gasteiger partial charge is 0.373 e. The van der Waals surface area contributed by atoms with Crippen molar-refractivity contribution in [2.24, 2.45) is 5.92 Å². The Bertz CT molecular complexity index is 436. The zero-order chi connectivity index (χ0) is 13.9. The van der Waals surface area contributed by atoms with E-state index in [4.69, 9.17) is 4.98 Å². The van der Waals surface area contributed by atoms with Crippen LogP contribution >= 0.6 is 0 Å². The molecular formula is C16H26N4. The van der Waals surface area contributed by atoms with Gasteiger partial charge in [0.05, 0.1) is 0 Å². The summed E-state index contributed by atoms with van der Waals surface area (Å²) in [5.41, 5.74) is 0. The number of hydrogen-bond donors (Lipinski definition) is 1. The molecule has 1 aromatic heterocycles. The molecule has 1 aliphatic heterocycles. The predicted molar refractivity (Wildman–Crippen MR) is 83.3 cm³/mol. The summed E-state index contributed by atoms with van der Waals surface area (Å²) in [4.78, 5) is 11.9. The van der Waals surface area contributed by atoms with Crippen LogP contribution in [0.15, 0.2) is 6.07 Å². The first-order valence-electron chi connectivity index (χ1n) is 8.14. The zero-order valence-electron chi connectivity index (χ0n) is 12.7. The lowest BCUT2D eigenvalue weighted by molar-refractivity contribution is 0.242. The van der Waals surface area contributed by atoms with Crippen LogP contribution in [0, 0.1) is 5.92 Å². The van der Waals surface area contributed by atoms with Crippen molar-refractivity contribution in [3.63, 3.8) is 0 Å². The van der Waals surface area contributed by atoms with Crippen LogP contribution in [0.25, 0.3) is 0 Å². The molecule has 4 nitrogen and oxygen atoms in total. The van der Waals surface area contributed by atoms with E-state index in [1.807, 2.05) is 7.05 Å². The number of piperidine rings is 1. The summed E-state index contributed by atoms with van der Waals surface area (Å²) >= 11 is 0. The highest BCUT2D eigenvalue weighted by Crippen LogP contribution is 2.37. The third-order valence-corrected chi connectivity index (χ3v) is 4.87. The number of aryl methyl sites for hydroxylation is 1. The van der Waals surface area contributed by atoms with Gasteiger partial charge >= 0.3 is 0 Å². The standard InChI is InChI=1S/C16H26N4/c1-3-14-18-15(17-2)11-16(19-14)20-10-6-8-12-7-4-5-9-13(12)20/h11-13H,3-10H2,1-2H3,(H,17,18,19)/t12-,13-/m1/s1. The van der Waals surface area contributed by atoms with Crippen molar-refractivity contribution in [3.05, 3.63) is 11.9 Å². The van der Waals surface area contributed by atoms with Gasteiger partial charge in [0.1, 0.15) is 17.5 Å². The minimum absolute atomic E-state index is 0.710. The van der Waals surface area contributed by atoms with Crippen molar-refractivity contribution in [1.29, 1.82) is 0 Å². The molecule has 0 unspecified atom stereocenters. The molecule has 1 N–H and O–H groups in total. The number of nitrogens with one attached hydrogen (secondary N) is 1. The quantitative estimate of drug-likeness (QED) is 0.918. The lowest BCUT2D eigenvalue weighted by atomic mass is 9.78. The fraction of sp³-hybridized carbons (Fsp3) is 0.750. The van der Waals surface area contributed by atoms with E-state index in [0.717, 1.165) is 36.3 Å². The van der Waals surface area contributed by atoms with Crippen molar-refractivity contribution in [2.45, 2.75) is 57.9 Å². The molecule has 0 radical (unpaired) electrons. The van der Waals surface area contributed by atoms with Gasteiger partial charge in [0.2, 0.25) is 0 Å². The Morgan fingerprint density at radius 1 is 1.20 bits per heavy atom. The molecule has 1 saturated heterocycles. The Balaban J connectivity index is 1.90. The molecule has 1 aliphatic carbocycles. The number of anilines is 2. The smallest absolute Gasteiger partial charge is 0.134 e. The summed E-state index contributed by atoms with van der Waals surface area (Å²) in [5, 5.41) is 3.18. The maximum atomic E-state index is 4.79. The lowest BCUT2D eigenvalue weighted by Crippen LogP contribution is -2.47. The van der Waals surface area contributed by atoms with Gasteiger partial charge in [-0.15, -0.1) is 0 Å². The molecule has 3 rings (SSSR count). The molecule has 1 aromatic rings. The van der Waals surface area contributed by atoms with Crippen LogP contribution in [0.5, 0.6) is 0 Å². The number of rotatable bonds is 3. The molecule has 0 bridgehead atoms. The number of hydrogen-bond acceptors (Lipinski definition) is 4. The van der Waals surface area contributed by atoms with Crippen LogP contribution in [-0.4, -0.2) is 29.6 Å². The molecule has 0 amide bonds. The van der Waals surface area contributed by atoms with E-state index in [-0.39, 0.29) is 0 Å².